The van der Waals surface area contributed by atoms with Crippen LogP contribution in [0.3, 0.4) is 0 Å². The van der Waals surface area contributed by atoms with Crippen LogP contribution < -0.4 is 19.6 Å². The minimum absolute atomic E-state index is 0.0552. The van der Waals surface area contributed by atoms with Crippen molar-refractivity contribution >= 4 is 29.4 Å². The molecule has 0 amide bonds. The molecule has 0 aliphatic carbocycles. The van der Waals surface area contributed by atoms with Gasteiger partial charge in [-0.25, -0.2) is 14.6 Å². The molecule has 1 aliphatic heterocycles. The van der Waals surface area contributed by atoms with Gasteiger partial charge in [0, 0.05) is 24.3 Å². The Labute approximate surface area is 257 Å². The smallest absolute Gasteiger partial charge is 0.338 e. The highest BCUT2D eigenvalue weighted by atomic mass is 32.1. The van der Waals surface area contributed by atoms with Crippen LogP contribution in [-0.4, -0.2) is 50.0 Å². The molecule has 0 fully saturated rings. The van der Waals surface area contributed by atoms with Gasteiger partial charge in [0.15, 0.2) is 4.80 Å². The molecule has 5 rings (SSSR count). The topological polar surface area (TPSA) is 119 Å². The summed E-state index contributed by atoms with van der Waals surface area (Å²) in [5, 5.41) is 0. The summed E-state index contributed by atoms with van der Waals surface area (Å²) in [6, 6.07) is 16.9. The van der Waals surface area contributed by atoms with Gasteiger partial charge in [-0.3, -0.25) is 9.36 Å². The molecule has 0 spiro atoms. The maximum atomic E-state index is 14.0. The first-order chi connectivity index (χ1) is 21.2. The van der Waals surface area contributed by atoms with Gasteiger partial charge in [0.1, 0.15) is 29.9 Å². The van der Waals surface area contributed by atoms with E-state index >= 15 is 0 Å². The lowest BCUT2D eigenvalue weighted by Crippen LogP contribution is -2.40. The van der Waals surface area contributed by atoms with E-state index in [0.717, 1.165) is 5.56 Å². The highest BCUT2D eigenvalue weighted by Crippen LogP contribution is 2.36. The molecule has 0 saturated carbocycles. The number of thiazole rings is 1. The summed E-state index contributed by atoms with van der Waals surface area (Å²) < 4.78 is 29.3. The first kappa shape index (κ1) is 30.7. The van der Waals surface area contributed by atoms with E-state index in [1.165, 1.54) is 30.1 Å². The van der Waals surface area contributed by atoms with Gasteiger partial charge in [0.25, 0.3) is 5.56 Å². The van der Waals surface area contributed by atoms with Gasteiger partial charge >= 0.3 is 11.9 Å². The fraction of sp³-hybridized carbons (Fsp3) is 0.273. The number of carbonyl (C=O) groups is 2. The second-order valence-electron chi connectivity index (χ2n) is 10.2. The van der Waals surface area contributed by atoms with Gasteiger partial charge in [0.05, 0.1) is 41.2 Å². The zero-order chi connectivity index (χ0) is 31.4. The Hall–Kier alpha value is -4.74. The number of esters is 2. The number of furan rings is 1. The van der Waals surface area contributed by atoms with Crippen LogP contribution in [0.25, 0.3) is 17.4 Å². The van der Waals surface area contributed by atoms with Crippen LogP contribution in [0.2, 0.25) is 0 Å². The van der Waals surface area contributed by atoms with E-state index < -0.39 is 18.0 Å². The van der Waals surface area contributed by atoms with Gasteiger partial charge < -0.3 is 23.4 Å². The maximum Gasteiger partial charge on any atom is 0.338 e. The van der Waals surface area contributed by atoms with E-state index in [2.05, 4.69) is 4.99 Å². The lowest BCUT2D eigenvalue weighted by molar-refractivity contribution is -0.140. The standard InChI is InChI=1S/C33H32N2O8S/c1-19(2)42-26-9-7-6-8-24(26)29-28(32(38)41-17-16-39-4)20(3)34-33-35(29)30(36)27(44-33)18-23-14-15-25(43-23)21-10-12-22(13-11-21)31(37)40-5/h6-15,18-19,29H,16-17H2,1-5H3/b27-18+/t29-/m0/s1. The normalized spacial score (nSPS) is 14.8. The first-order valence-electron chi connectivity index (χ1n) is 13.9. The van der Waals surface area contributed by atoms with E-state index in [1.807, 2.05) is 38.1 Å². The molecule has 228 valence electrons. The molecule has 44 heavy (non-hydrogen) atoms. The van der Waals surface area contributed by atoms with E-state index in [0.29, 0.717) is 43.4 Å². The van der Waals surface area contributed by atoms with Gasteiger partial charge in [-0.2, -0.15) is 0 Å². The number of methoxy groups -OCH3 is 2. The van der Waals surface area contributed by atoms with Crippen molar-refractivity contribution in [1.82, 2.24) is 4.57 Å². The lowest BCUT2D eigenvalue weighted by Gasteiger charge is -2.27. The number of carbonyl (C=O) groups excluding carboxylic acids is 2. The van der Waals surface area contributed by atoms with Crippen LogP contribution in [0.1, 0.15) is 48.5 Å². The SMILES string of the molecule is COCCOC(=O)C1=C(C)N=c2s/c(=C/c3ccc(-c4ccc(C(=O)OC)cc4)o3)c(=O)n2[C@H]1c1ccccc1OC(C)C. The predicted molar refractivity (Wildman–Crippen MR) is 164 cm³/mol. The molecule has 0 bridgehead atoms. The third-order valence-corrected chi connectivity index (χ3v) is 7.81. The number of para-hydroxylation sites is 1. The van der Waals surface area contributed by atoms with E-state index in [-0.39, 0.29) is 30.5 Å². The quantitative estimate of drug-likeness (QED) is 0.192. The number of ether oxygens (including phenoxy) is 4. The molecule has 0 radical (unpaired) electrons. The number of fused-ring (bicyclic) bond motifs is 1. The Balaban J connectivity index is 1.59. The predicted octanol–water partition coefficient (Wildman–Crippen LogP) is 4.26. The maximum absolute atomic E-state index is 14.0. The molecule has 0 N–H and O–H groups in total. The average Bonchev–Trinajstić information content (AvgIpc) is 3.60. The van der Waals surface area contributed by atoms with Crippen molar-refractivity contribution in [2.45, 2.75) is 32.9 Å². The number of nitrogens with zero attached hydrogens (tertiary/aromatic N) is 2. The monoisotopic (exact) mass is 616 g/mol. The summed E-state index contributed by atoms with van der Waals surface area (Å²) in [5.41, 5.74) is 2.17. The minimum Gasteiger partial charge on any atom is -0.491 e. The Kier molecular flexibility index (Phi) is 9.26. The Morgan fingerprint density at radius 2 is 1.77 bits per heavy atom. The summed E-state index contributed by atoms with van der Waals surface area (Å²) in [6.07, 6.45) is 1.51. The highest BCUT2D eigenvalue weighted by Gasteiger charge is 2.35. The first-order valence-corrected chi connectivity index (χ1v) is 14.8. The fourth-order valence-electron chi connectivity index (χ4n) is 4.84. The number of benzene rings is 2. The second kappa shape index (κ2) is 13.3. The van der Waals surface area contributed by atoms with Crippen molar-refractivity contribution in [3.8, 4) is 17.1 Å². The van der Waals surface area contributed by atoms with Crippen molar-refractivity contribution in [3.05, 3.63) is 109 Å². The number of hydrogen-bond acceptors (Lipinski definition) is 10. The molecule has 1 aliphatic rings. The zero-order valence-electron chi connectivity index (χ0n) is 25.0. The number of allylic oxidation sites excluding steroid dienone is 1. The average molecular weight is 617 g/mol. The van der Waals surface area contributed by atoms with Crippen LogP contribution in [0.5, 0.6) is 5.75 Å². The van der Waals surface area contributed by atoms with Crippen LogP contribution in [0.4, 0.5) is 0 Å². The fourth-order valence-corrected chi connectivity index (χ4v) is 5.87. The molecule has 1 atom stereocenters. The molecule has 11 heteroatoms. The van der Waals surface area contributed by atoms with Gasteiger partial charge in [-0.15, -0.1) is 0 Å². The van der Waals surface area contributed by atoms with Gasteiger partial charge in [0.2, 0.25) is 0 Å². The summed E-state index contributed by atoms with van der Waals surface area (Å²) in [5.74, 6) is 0.557. The van der Waals surface area contributed by atoms with Crippen molar-refractivity contribution in [3.63, 3.8) is 0 Å². The van der Waals surface area contributed by atoms with Crippen LogP contribution >= 0.6 is 11.3 Å². The Bertz CT molecular complexity index is 1900. The van der Waals surface area contributed by atoms with Gasteiger partial charge in [-0.05, 0) is 51.1 Å². The molecule has 0 saturated heterocycles. The Morgan fingerprint density at radius 3 is 2.48 bits per heavy atom. The van der Waals surface area contributed by atoms with E-state index in [1.54, 1.807) is 49.4 Å². The van der Waals surface area contributed by atoms with Crippen LogP contribution in [0.15, 0.2) is 86.1 Å². The molecule has 2 aromatic carbocycles. The van der Waals surface area contributed by atoms with Crippen LogP contribution in [-0.2, 0) is 19.0 Å². The molecule has 3 heterocycles. The number of rotatable bonds is 10. The van der Waals surface area contributed by atoms with E-state index in [4.69, 9.17) is 23.4 Å². The molecular weight excluding hydrogens is 584 g/mol. The number of hydrogen-bond donors (Lipinski definition) is 0. The van der Waals surface area contributed by atoms with Crippen molar-refractivity contribution in [2.75, 3.05) is 27.4 Å². The van der Waals surface area contributed by atoms with Crippen molar-refractivity contribution in [1.29, 1.82) is 0 Å². The summed E-state index contributed by atoms with van der Waals surface area (Å²) in [4.78, 5) is 44.3. The lowest BCUT2D eigenvalue weighted by atomic mass is 9.95. The molecule has 0 unspecified atom stereocenters. The zero-order valence-corrected chi connectivity index (χ0v) is 25.8. The van der Waals surface area contributed by atoms with Gasteiger partial charge in [-0.1, -0.05) is 41.7 Å². The van der Waals surface area contributed by atoms with Crippen LogP contribution in [0, 0.1) is 0 Å². The second-order valence-corrected chi connectivity index (χ2v) is 11.2. The molecule has 2 aromatic heterocycles. The van der Waals surface area contributed by atoms with Crippen molar-refractivity contribution in [2.24, 2.45) is 4.99 Å². The van der Waals surface area contributed by atoms with Crippen molar-refractivity contribution < 1.29 is 33.0 Å². The summed E-state index contributed by atoms with van der Waals surface area (Å²) in [7, 11) is 2.85. The molecular formula is C33H32N2O8S. The highest BCUT2D eigenvalue weighted by molar-refractivity contribution is 7.07. The third-order valence-electron chi connectivity index (χ3n) is 6.83. The largest absolute Gasteiger partial charge is 0.491 e. The number of aromatic nitrogens is 1. The third kappa shape index (κ3) is 6.29. The van der Waals surface area contributed by atoms with E-state index in [9.17, 15) is 14.4 Å². The summed E-state index contributed by atoms with van der Waals surface area (Å²) >= 11 is 1.20. The minimum atomic E-state index is -0.834. The Morgan fingerprint density at radius 1 is 1.02 bits per heavy atom. The summed E-state index contributed by atoms with van der Waals surface area (Å²) in [6.45, 7) is 5.84. The molecule has 4 aromatic rings. The molecule has 10 nitrogen and oxygen atoms in total.